The predicted octanol–water partition coefficient (Wildman–Crippen LogP) is 0.564. The zero-order chi connectivity index (χ0) is 14.6. The van der Waals surface area contributed by atoms with E-state index < -0.39 is 48.5 Å². The fraction of sp³-hybridized carbons (Fsp3) is 0.400. The molecule has 0 aliphatic carbocycles. The third-order valence-electron chi connectivity index (χ3n) is 2.20. The van der Waals surface area contributed by atoms with Crippen LogP contribution in [0.15, 0.2) is 12.1 Å². The molecule has 9 heteroatoms. The van der Waals surface area contributed by atoms with Crippen molar-refractivity contribution in [3.8, 4) is 0 Å². The Hall–Kier alpha value is -1.87. The zero-order valence-electron chi connectivity index (χ0n) is 9.48. The third-order valence-corrected chi connectivity index (χ3v) is 2.20. The molecule has 0 bridgehead atoms. The van der Waals surface area contributed by atoms with Crippen LogP contribution in [0.3, 0.4) is 0 Å². The van der Waals surface area contributed by atoms with Gasteiger partial charge in [0.05, 0.1) is 19.3 Å². The Labute approximate surface area is 105 Å². The van der Waals surface area contributed by atoms with E-state index >= 15 is 0 Å². The van der Waals surface area contributed by atoms with Crippen molar-refractivity contribution in [2.45, 2.75) is 12.2 Å². The van der Waals surface area contributed by atoms with E-state index in [0.29, 0.717) is 6.07 Å². The molecule has 0 aliphatic rings. The van der Waals surface area contributed by atoms with E-state index in [1.807, 2.05) is 0 Å². The van der Waals surface area contributed by atoms with Crippen LogP contribution in [0.5, 0.6) is 0 Å². The Kier molecular flexibility index (Phi) is 4.67. The summed E-state index contributed by atoms with van der Waals surface area (Å²) in [5.41, 5.74) is -1.76. The van der Waals surface area contributed by atoms with Gasteiger partial charge in [0.15, 0.2) is 0 Å². The first-order valence-electron chi connectivity index (χ1n) is 5.09. The molecule has 1 aromatic rings. The summed E-state index contributed by atoms with van der Waals surface area (Å²) in [4.78, 5) is 14.0. The maximum Gasteiger partial charge on any atom is 0.433 e. The molecule has 0 radical (unpaired) electrons. The molecule has 1 aromatic heterocycles. The van der Waals surface area contributed by atoms with Crippen molar-refractivity contribution in [2.24, 2.45) is 0 Å². The molecular weight excluding hydrogens is 269 g/mol. The summed E-state index contributed by atoms with van der Waals surface area (Å²) in [7, 11) is 0. The highest BCUT2D eigenvalue weighted by molar-refractivity contribution is 5.93. The SMILES string of the molecule is O=C(O)c1ccc(C(F)(F)F)nc1NC(CO)CO. The first kappa shape index (κ1) is 15.2. The monoisotopic (exact) mass is 280 g/mol. The average molecular weight is 280 g/mol. The van der Waals surface area contributed by atoms with Crippen LogP contribution >= 0.6 is 0 Å². The Morgan fingerprint density at radius 3 is 2.32 bits per heavy atom. The van der Waals surface area contributed by atoms with Gasteiger partial charge >= 0.3 is 12.1 Å². The van der Waals surface area contributed by atoms with Gasteiger partial charge in [-0.05, 0) is 12.1 Å². The number of aliphatic hydroxyl groups excluding tert-OH is 2. The number of nitrogens with zero attached hydrogens (tertiary/aromatic N) is 1. The number of aromatic carboxylic acids is 1. The molecule has 0 spiro atoms. The van der Waals surface area contributed by atoms with Crippen molar-refractivity contribution in [1.29, 1.82) is 0 Å². The van der Waals surface area contributed by atoms with Crippen molar-refractivity contribution in [3.05, 3.63) is 23.4 Å². The minimum absolute atomic E-state index is 0.486. The molecule has 0 saturated heterocycles. The van der Waals surface area contributed by atoms with E-state index in [4.69, 9.17) is 15.3 Å². The Morgan fingerprint density at radius 1 is 1.32 bits per heavy atom. The molecule has 19 heavy (non-hydrogen) atoms. The number of alkyl halides is 3. The van der Waals surface area contributed by atoms with E-state index in [9.17, 15) is 18.0 Å². The highest BCUT2D eigenvalue weighted by Crippen LogP contribution is 2.29. The molecule has 0 unspecified atom stereocenters. The van der Waals surface area contributed by atoms with Crippen LogP contribution < -0.4 is 5.32 Å². The lowest BCUT2D eigenvalue weighted by molar-refractivity contribution is -0.141. The number of rotatable bonds is 5. The number of halogens is 3. The first-order chi connectivity index (χ1) is 8.79. The molecule has 0 aliphatic heterocycles. The number of anilines is 1. The first-order valence-corrected chi connectivity index (χ1v) is 5.09. The fourth-order valence-corrected chi connectivity index (χ4v) is 1.24. The number of hydrogen-bond donors (Lipinski definition) is 4. The number of nitrogens with one attached hydrogen (secondary N) is 1. The number of aromatic nitrogens is 1. The van der Waals surface area contributed by atoms with E-state index in [1.165, 1.54) is 0 Å². The summed E-state index contributed by atoms with van der Waals surface area (Å²) in [5, 5.41) is 28.7. The lowest BCUT2D eigenvalue weighted by Gasteiger charge is -2.17. The largest absolute Gasteiger partial charge is 0.478 e. The van der Waals surface area contributed by atoms with Gasteiger partial charge in [-0.1, -0.05) is 0 Å². The Balaban J connectivity index is 3.19. The van der Waals surface area contributed by atoms with Gasteiger partial charge in [0, 0.05) is 0 Å². The van der Waals surface area contributed by atoms with Crippen molar-refractivity contribution < 1.29 is 33.3 Å². The van der Waals surface area contributed by atoms with Crippen LogP contribution in [0.25, 0.3) is 0 Å². The minimum Gasteiger partial charge on any atom is -0.478 e. The average Bonchev–Trinajstić information content (AvgIpc) is 2.34. The smallest absolute Gasteiger partial charge is 0.433 e. The molecule has 0 amide bonds. The van der Waals surface area contributed by atoms with Gasteiger partial charge < -0.3 is 20.6 Å². The Morgan fingerprint density at radius 2 is 1.89 bits per heavy atom. The molecule has 0 saturated carbocycles. The molecule has 1 rings (SSSR count). The van der Waals surface area contributed by atoms with Gasteiger partial charge in [0.1, 0.15) is 17.1 Å². The standard InChI is InChI=1S/C10H11F3N2O4/c11-10(12,13)7-2-1-6(9(18)19)8(15-7)14-5(3-16)4-17/h1-2,5,16-17H,3-4H2,(H,14,15)(H,18,19). The van der Waals surface area contributed by atoms with Crippen molar-refractivity contribution in [1.82, 2.24) is 4.98 Å². The van der Waals surface area contributed by atoms with Gasteiger partial charge in [-0.2, -0.15) is 13.2 Å². The van der Waals surface area contributed by atoms with Crippen LogP contribution in [0, 0.1) is 0 Å². The van der Waals surface area contributed by atoms with Crippen LogP contribution in [0.1, 0.15) is 16.1 Å². The van der Waals surface area contributed by atoms with Gasteiger partial charge in [-0.25, -0.2) is 9.78 Å². The quantitative estimate of drug-likeness (QED) is 0.628. The molecule has 4 N–H and O–H groups in total. The van der Waals surface area contributed by atoms with E-state index in [0.717, 1.165) is 6.07 Å². The van der Waals surface area contributed by atoms with Crippen molar-refractivity contribution in [3.63, 3.8) is 0 Å². The third kappa shape index (κ3) is 3.80. The van der Waals surface area contributed by atoms with Gasteiger partial charge in [-0.3, -0.25) is 0 Å². The van der Waals surface area contributed by atoms with E-state index in [1.54, 1.807) is 0 Å². The van der Waals surface area contributed by atoms with Crippen molar-refractivity contribution >= 4 is 11.8 Å². The lowest BCUT2D eigenvalue weighted by Crippen LogP contribution is -2.29. The summed E-state index contributed by atoms with van der Waals surface area (Å²) in [5.74, 6) is -2.03. The maximum atomic E-state index is 12.5. The van der Waals surface area contributed by atoms with E-state index in [-0.39, 0.29) is 0 Å². The minimum atomic E-state index is -4.72. The van der Waals surface area contributed by atoms with Crippen LogP contribution in [-0.2, 0) is 6.18 Å². The van der Waals surface area contributed by atoms with Crippen LogP contribution in [0.4, 0.5) is 19.0 Å². The predicted molar refractivity (Wildman–Crippen MR) is 57.8 cm³/mol. The highest BCUT2D eigenvalue weighted by atomic mass is 19.4. The maximum absolute atomic E-state index is 12.5. The second-order valence-electron chi connectivity index (χ2n) is 3.60. The highest BCUT2D eigenvalue weighted by Gasteiger charge is 2.33. The number of hydrogen-bond acceptors (Lipinski definition) is 5. The number of carbonyl (C=O) groups is 1. The van der Waals surface area contributed by atoms with Crippen LogP contribution in [-0.4, -0.2) is 45.5 Å². The topological polar surface area (TPSA) is 103 Å². The molecule has 0 atom stereocenters. The molecule has 106 valence electrons. The normalized spacial score (nSPS) is 11.7. The number of carboxylic acids is 1. The Bertz CT molecular complexity index is 461. The molecule has 6 nitrogen and oxygen atoms in total. The second-order valence-corrected chi connectivity index (χ2v) is 3.60. The summed E-state index contributed by atoms with van der Waals surface area (Å²) >= 11 is 0. The number of aliphatic hydroxyl groups is 2. The molecule has 1 heterocycles. The van der Waals surface area contributed by atoms with Gasteiger partial charge in [-0.15, -0.1) is 0 Å². The van der Waals surface area contributed by atoms with Gasteiger partial charge in [0.2, 0.25) is 0 Å². The van der Waals surface area contributed by atoms with Crippen molar-refractivity contribution in [2.75, 3.05) is 18.5 Å². The molecule has 0 fully saturated rings. The van der Waals surface area contributed by atoms with E-state index in [2.05, 4.69) is 10.3 Å². The molecule has 0 aromatic carbocycles. The summed E-state index contributed by atoms with van der Waals surface area (Å²) < 4.78 is 37.4. The summed E-state index contributed by atoms with van der Waals surface area (Å²) in [6.07, 6.45) is -4.72. The lowest BCUT2D eigenvalue weighted by atomic mass is 10.2. The van der Waals surface area contributed by atoms with Crippen LogP contribution in [0.2, 0.25) is 0 Å². The summed E-state index contributed by atoms with van der Waals surface area (Å²) in [6, 6.07) is 0.294. The molecular formula is C10H11F3N2O4. The van der Waals surface area contributed by atoms with Gasteiger partial charge in [0.25, 0.3) is 0 Å². The zero-order valence-corrected chi connectivity index (χ0v) is 9.48. The number of pyridine rings is 1. The number of carboxylic acid groups (broad SMARTS) is 1. The second kappa shape index (κ2) is 5.85. The fourth-order valence-electron chi connectivity index (χ4n) is 1.24. The summed E-state index contributed by atoms with van der Waals surface area (Å²) in [6.45, 7) is -1.18.